The molecule has 0 radical (unpaired) electrons. The molecule has 0 atom stereocenters. The first-order chi connectivity index (χ1) is 9.77. The van der Waals surface area contributed by atoms with Crippen LogP contribution in [0.3, 0.4) is 0 Å². The van der Waals surface area contributed by atoms with Gasteiger partial charge in [0, 0.05) is 23.5 Å². The Labute approximate surface area is 120 Å². The molecule has 1 amide bonds. The number of aromatic nitrogens is 3. The molecule has 0 unspecified atom stereocenters. The van der Waals surface area contributed by atoms with Gasteiger partial charge >= 0.3 is 0 Å². The highest BCUT2D eigenvalue weighted by Gasteiger charge is 2.15. The lowest BCUT2D eigenvalue weighted by molar-refractivity contribution is 0.100. The topological polar surface area (TPSA) is 84.7 Å². The van der Waals surface area contributed by atoms with Crippen molar-refractivity contribution in [2.75, 3.05) is 0 Å². The van der Waals surface area contributed by atoms with E-state index >= 15 is 0 Å². The number of nitrogens with one attached hydrogen (secondary N) is 1. The Morgan fingerprint density at radius 2 is 1.81 bits per heavy atom. The van der Waals surface area contributed by atoms with Gasteiger partial charge in [0.05, 0.1) is 17.5 Å². The van der Waals surface area contributed by atoms with Gasteiger partial charge in [0.2, 0.25) is 0 Å². The Kier molecular flexibility index (Phi) is 4.08. The molecular formula is C15H13FN4O. The molecule has 21 heavy (non-hydrogen) atoms. The summed E-state index contributed by atoms with van der Waals surface area (Å²) < 4.78 is 0. The molecule has 3 N–H and O–H groups in total. The Morgan fingerprint density at radius 3 is 2.52 bits per heavy atom. The molecule has 3 aromatic rings. The van der Waals surface area contributed by atoms with Crippen molar-refractivity contribution in [2.45, 2.75) is 0 Å². The summed E-state index contributed by atoms with van der Waals surface area (Å²) in [5, 5.41) is 7.01. The average Bonchev–Trinajstić information content (AvgIpc) is 2.97. The number of nitrogens with two attached hydrogens (primary N) is 1. The van der Waals surface area contributed by atoms with Crippen molar-refractivity contribution in [3.8, 4) is 22.4 Å². The lowest BCUT2D eigenvalue weighted by Gasteiger charge is -2.07. The molecule has 0 fully saturated rings. The molecule has 0 saturated carbocycles. The van der Waals surface area contributed by atoms with Crippen LogP contribution in [0.15, 0.2) is 55.0 Å². The predicted octanol–water partition coefficient (Wildman–Crippen LogP) is 2.39. The van der Waals surface area contributed by atoms with Crippen LogP contribution in [0.4, 0.5) is 4.70 Å². The second-order valence-electron chi connectivity index (χ2n) is 4.31. The summed E-state index contributed by atoms with van der Waals surface area (Å²) in [7, 11) is 0. The monoisotopic (exact) mass is 284 g/mol. The van der Waals surface area contributed by atoms with Crippen molar-refractivity contribution in [1.29, 1.82) is 0 Å². The molecule has 1 aromatic carbocycles. The second kappa shape index (κ2) is 5.96. The number of aromatic amines is 1. The Morgan fingerprint density at radius 1 is 1.05 bits per heavy atom. The smallest absolute Gasteiger partial charge is 0.250 e. The number of H-pyrrole nitrogens is 1. The molecule has 0 aliphatic rings. The van der Waals surface area contributed by atoms with E-state index in [1.807, 2.05) is 30.3 Å². The van der Waals surface area contributed by atoms with Crippen LogP contribution in [0.1, 0.15) is 10.4 Å². The third-order valence-corrected chi connectivity index (χ3v) is 3.08. The highest BCUT2D eigenvalue weighted by molar-refractivity contribution is 6.00. The summed E-state index contributed by atoms with van der Waals surface area (Å²) >= 11 is 0. The number of halogens is 1. The summed E-state index contributed by atoms with van der Waals surface area (Å²) in [6.45, 7) is 0. The number of primary amides is 1. The molecule has 0 aliphatic carbocycles. The van der Waals surface area contributed by atoms with Gasteiger partial charge in [-0.1, -0.05) is 30.3 Å². The molecule has 3 rings (SSSR count). The van der Waals surface area contributed by atoms with Gasteiger partial charge in [0.15, 0.2) is 0 Å². The third-order valence-electron chi connectivity index (χ3n) is 3.08. The maximum absolute atomic E-state index is 11.5. The summed E-state index contributed by atoms with van der Waals surface area (Å²) in [5.74, 6) is -0.512. The maximum Gasteiger partial charge on any atom is 0.250 e. The van der Waals surface area contributed by atoms with Crippen LogP contribution < -0.4 is 5.73 Å². The fourth-order valence-corrected chi connectivity index (χ4v) is 2.14. The Bertz CT molecular complexity index is 755. The standard InChI is InChI=1S/C15H12N4O.FH/c16-15(20)13-8-17-7-6-11(13)14-12(9-18-19-14)10-4-2-1-3-5-10;/h1-9H,(H2,16,20)(H,18,19);1H. The fraction of sp³-hybridized carbons (Fsp3) is 0. The highest BCUT2D eigenvalue weighted by atomic mass is 19.0. The van der Waals surface area contributed by atoms with E-state index in [1.54, 1.807) is 18.5 Å². The lowest BCUT2D eigenvalue weighted by atomic mass is 9.99. The number of hydrogen-bond acceptors (Lipinski definition) is 3. The quantitative estimate of drug-likeness (QED) is 0.774. The van der Waals surface area contributed by atoms with Crippen molar-refractivity contribution >= 4 is 5.91 Å². The predicted molar refractivity (Wildman–Crippen MR) is 78.3 cm³/mol. The van der Waals surface area contributed by atoms with E-state index in [9.17, 15) is 4.79 Å². The van der Waals surface area contributed by atoms with Crippen LogP contribution in [0.25, 0.3) is 22.4 Å². The molecule has 106 valence electrons. The van der Waals surface area contributed by atoms with Crippen molar-refractivity contribution in [2.24, 2.45) is 5.73 Å². The van der Waals surface area contributed by atoms with Crippen molar-refractivity contribution < 1.29 is 9.50 Å². The number of benzene rings is 1. The number of carbonyl (C=O) groups excluding carboxylic acids is 1. The zero-order valence-electron chi connectivity index (χ0n) is 11.0. The van der Waals surface area contributed by atoms with Crippen LogP contribution in [0, 0.1) is 0 Å². The maximum atomic E-state index is 11.5. The zero-order valence-corrected chi connectivity index (χ0v) is 11.0. The van der Waals surface area contributed by atoms with E-state index in [0.29, 0.717) is 11.1 Å². The van der Waals surface area contributed by atoms with E-state index in [4.69, 9.17) is 5.73 Å². The third kappa shape index (κ3) is 2.64. The van der Waals surface area contributed by atoms with E-state index in [-0.39, 0.29) is 4.70 Å². The van der Waals surface area contributed by atoms with Crippen molar-refractivity contribution in [3.05, 3.63) is 60.6 Å². The molecular weight excluding hydrogens is 271 g/mol. The normalized spacial score (nSPS) is 9.90. The van der Waals surface area contributed by atoms with E-state index in [1.165, 1.54) is 6.20 Å². The fourth-order valence-electron chi connectivity index (χ4n) is 2.14. The average molecular weight is 284 g/mol. The molecule has 6 heteroatoms. The first-order valence-corrected chi connectivity index (χ1v) is 6.10. The van der Waals surface area contributed by atoms with Gasteiger partial charge in [-0.3, -0.25) is 19.6 Å². The lowest BCUT2D eigenvalue weighted by Crippen LogP contribution is -2.12. The van der Waals surface area contributed by atoms with Gasteiger partial charge in [-0.15, -0.1) is 0 Å². The van der Waals surface area contributed by atoms with Crippen LogP contribution in [0.2, 0.25) is 0 Å². The van der Waals surface area contributed by atoms with Crippen LogP contribution in [-0.4, -0.2) is 21.1 Å². The van der Waals surface area contributed by atoms with Gasteiger partial charge in [-0.05, 0) is 11.6 Å². The van der Waals surface area contributed by atoms with E-state index in [0.717, 1.165) is 16.8 Å². The van der Waals surface area contributed by atoms with Crippen LogP contribution in [-0.2, 0) is 0 Å². The number of amides is 1. The van der Waals surface area contributed by atoms with Gasteiger partial charge in [-0.2, -0.15) is 5.10 Å². The molecule has 5 nitrogen and oxygen atoms in total. The summed E-state index contributed by atoms with van der Waals surface area (Å²) in [6.07, 6.45) is 4.82. The van der Waals surface area contributed by atoms with E-state index in [2.05, 4.69) is 15.2 Å². The summed E-state index contributed by atoms with van der Waals surface area (Å²) in [6, 6.07) is 11.6. The second-order valence-corrected chi connectivity index (χ2v) is 4.31. The van der Waals surface area contributed by atoms with Gasteiger partial charge in [0.1, 0.15) is 0 Å². The van der Waals surface area contributed by atoms with Gasteiger partial charge in [-0.25, -0.2) is 0 Å². The first kappa shape index (κ1) is 14.4. The molecule has 0 bridgehead atoms. The SMILES string of the molecule is F.NC(=O)c1cnccc1-c1[nH]ncc1-c1ccccc1. The highest BCUT2D eigenvalue weighted by Crippen LogP contribution is 2.31. The Hall–Kier alpha value is -3.02. The first-order valence-electron chi connectivity index (χ1n) is 6.10. The van der Waals surface area contributed by atoms with E-state index < -0.39 is 5.91 Å². The number of carbonyl (C=O) groups is 1. The van der Waals surface area contributed by atoms with Gasteiger partial charge in [0.25, 0.3) is 5.91 Å². The molecule has 0 saturated heterocycles. The number of rotatable bonds is 3. The van der Waals surface area contributed by atoms with Crippen molar-refractivity contribution in [1.82, 2.24) is 15.2 Å². The van der Waals surface area contributed by atoms with Crippen LogP contribution >= 0.6 is 0 Å². The Balaban J connectivity index is 0.00000161. The number of nitrogens with zero attached hydrogens (tertiary/aromatic N) is 2. The minimum atomic E-state index is -0.512. The zero-order chi connectivity index (χ0) is 13.9. The summed E-state index contributed by atoms with van der Waals surface area (Å²) in [5.41, 5.74) is 9.15. The largest absolute Gasteiger partial charge is 0.366 e. The number of pyridine rings is 1. The molecule has 2 heterocycles. The minimum Gasteiger partial charge on any atom is -0.366 e. The molecule has 0 aliphatic heterocycles. The summed E-state index contributed by atoms with van der Waals surface area (Å²) in [4.78, 5) is 15.5. The molecule has 2 aromatic heterocycles. The van der Waals surface area contributed by atoms with Crippen LogP contribution in [0.5, 0.6) is 0 Å². The molecule has 0 spiro atoms. The van der Waals surface area contributed by atoms with Crippen molar-refractivity contribution in [3.63, 3.8) is 0 Å². The van der Waals surface area contributed by atoms with Gasteiger partial charge < -0.3 is 5.73 Å². The number of hydrogen-bond donors (Lipinski definition) is 2. The minimum absolute atomic E-state index is 0.